The summed E-state index contributed by atoms with van der Waals surface area (Å²) in [6.45, 7) is 1.57. The maximum Gasteiger partial charge on any atom is 0.291 e. The second kappa shape index (κ2) is 6.81. The lowest BCUT2D eigenvalue weighted by Crippen LogP contribution is -2.36. The fourth-order valence-electron chi connectivity index (χ4n) is 3.24. The summed E-state index contributed by atoms with van der Waals surface area (Å²) >= 11 is 6.01. The molecular weight excluding hydrogens is 334 g/mol. The van der Waals surface area contributed by atoms with E-state index in [9.17, 15) is 4.79 Å². The molecule has 1 saturated heterocycles. The number of piperidine rings is 1. The molecule has 1 aliphatic rings. The van der Waals surface area contributed by atoms with Gasteiger partial charge in [-0.25, -0.2) is 9.97 Å². The zero-order chi connectivity index (χ0) is 17.2. The number of rotatable bonds is 2. The van der Waals surface area contributed by atoms with E-state index >= 15 is 0 Å². The molecule has 0 saturated carbocycles. The number of aromatic nitrogens is 2. The summed E-state index contributed by atoms with van der Waals surface area (Å²) in [5.41, 5.74) is 2.47. The Morgan fingerprint density at radius 3 is 2.40 bits per heavy atom. The van der Waals surface area contributed by atoms with E-state index in [4.69, 9.17) is 11.6 Å². The highest BCUT2D eigenvalue weighted by Crippen LogP contribution is 2.27. The van der Waals surface area contributed by atoms with Crippen molar-refractivity contribution >= 4 is 28.4 Å². The maximum absolute atomic E-state index is 12.9. The Bertz CT molecular complexity index is 918. The molecule has 2 aromatic carbocycles. The normalized spacial score (nSPS) is 14.7. The standard InChI is InChI=1S/C20H18ClN3O/c21-15-10-8-14(9-11-15)18-16-6-2-3-7-17(16)22-19(23-18)20(25)24-12-4-1-5-13-24/h2-3,6-11H,1,4-5,12-13H2. The second-order valence-electron chi connectivity index (χ2n) is 6.27. The minimum absolute atomic E-state index is 0.0827. The Labute approximate surface area is 151 Å². The monoisotopic (exact) mass is 351 g/mol. The van der Waals surface area contributed by atoms with Crippen LogP contribution in [-0.4, -0.2) is 33.9 Å². The van der Waals surface area contributed by atoms with Crippen molar-refractivity contribution in [2.24, 2.45) is 0 Å². The zero-order valence-electron chi connectivity index (χ0n) is 13.8. The van der Waals surface area contributed by atoms with Crippen molar-refractivity contribution in [3.8, 4) is 11.3 Å². The molecule has 1 aliphatic heterocycles. The van der Waals surface area contributed by atoms with E-state index in [2.05, 4.69) is 9.97 Å². The molecule has 25 heavy (non-hydrogen) atoms. The molecule has 0 atom stereocenters. The van der Waals surface area contributed by atoms with Gasteiger partial charge in [-0.1, -0.05) is 41.9 Å². The fourth-order valence-corrected chi connectivity index (χ4v) is 3.36. The molecular formula is C20H18ClN3O. The van der Waals surface area contributed by atoms with Crippen molar-refractivity contribution < 1.29 is 4.79 Å². The molecule has 0 spiro atoms. The molecule has 5 heteroatoms. The number of amides is 1. The van der Waals surface area contributed by atoms with Gasteiger partial charge in [-0.15, -0.1) is 0 Å². The van der Waals surface area contributed by atoms with Gasteiger partial charge in [-0.3, -0.25) is 4.79 Å². The number of likely N-dealkylation sites (tertiary alicyclic amines) is 1. The fraction of sp³-hybridized carbons (Fsp3) is 0.250. The lowest BCUT2D eigenvalue weighted by Gasteiger charge is -2.26. The first-order chi connectivity index (χ1) is 12.2. The Morgan fingerprint density at radius 2 is 1.64 bits per heavy atom. The first-order valence-corrected chi connectivity index (χ1v) is 8.92. The van der Waals surface area contributed by atoms with Gasteiger partial charge in [0, 0.05) is 29.1 Å². The molecule has 3 aromatic rings. The van der Waals surface area contributed by atoms with Crippen LogP contribution in [0.4, 0.5) is 0 Å². The van der Waals surface area contributed by atoms with Crippen LogP contribution in [-0.2, 0) is 0 Å². The summed E-state index contributed by atoms with van der Waals surface area (Å²) in [6.07, 6.45) is 3.27. The summed E-state index contributed by atoms with van der Waals surface area (Å²) in [7, 11) is 0. The lowest BCUT2D eigenvalue weighted by molar-refractivity contribution is 0.0712. The van der Waals surface area contributed by atoms with Gasteiger partial charge in [-0.05, 0) is 37.5 Å². The van der Waals surface area contributed by atoms with Crippen LogP contribution in [0.1, 0.15) is 29.9 Å². The summed E-state index contributed by atoms with van der Waals surface area (Å²) in [4.78, 5) is 23.9. The Hall–Kier alpha value is -2.46. The summed E-state index contributed by atoms with van der Waals surface area (Å²) in [6, 6.07) is 15.3. The average molecular weight is 352 g/mol. The van der Waals surface area contributed by atoms with Crippen LogP contribution in [0.2, 0.25) is 5.02 Å². The van der Waals surface area contributed by atoms with Crippen LogP contribution in [0.25, 0.3) is 22.2 Å². The molecule has 4 rings (SSSR count). The van der Waals surface area contributed by atoms with Crippen LogP contribution in [0.5, 0.6) is 0 Å². The second-order valence-corrected chi connectivity index (χ2v) is 6.71. The predicted molar refractivity (Wildman–Crippen MR) is 99.7 cm³/mol. The molecule has 0 aliphatic carbocycles. The van der Waals surface area contributed by atoms with Gasteiger partial charge in [-0.2, -0.15) is 0 Å². The number of carbonyl (C=O) groups excluding carboxylic acids is 1. The number of fused-ring (bicyclic) bond motifs is 1. The van der Waals surface area contributed by atoms with Gasteiger partial charge in [0.05, 0.1) is 11.2 Å². The third-order valence-corrected chi connectivity index (χ3v) is 4.81. The first-order valence-electron chi connectivity index (χ1n) is 8.54. The third kappa shape index (κ3) is 3.22. The molecule has 0 unspecified atom stereocenters. The molecule has 0 radical (unpaired) electrons. The average Bonchev–Trinajstić information content (AvgIpc) is 2.68. The number of nitrogens with zero attached hydrogens (tertiary/aromatic N) is 3. The number of benzene rings is 2. The molecule has 1 aromatic heterocycles. The van der Waals surface area contributed by atoms with E-state index in [-0.39, 0.29) is 11.7 Å². The van der Waals surface area contributed by atoms with E-state index in [1.54, 1.807) is 0 Å². The molecule has 1 fully saturated rings. The van der Waals surface area contributed by atoms with Crippen LogP contribution < -0.4 is 0 Å². The molecule has 2 heterocycles. The quantitative estimate of drug-likeness (QED) is 0.679. The predicted octanol–water partition coefficient (Wildman–Crippen LogP) is 4.58. The minimum Gasteiger partial charge on any atom is -0.336 e. The van der Waals surface area contributed by atoms with Crippen LogP contribution in [0.3, 0.4) is 0 Å². The Balaban J connectivity index is 1.83. The van der Waals surface area contributed by atoms with E-state index in [1.165, 1.54) is 6.42 Å². The van der Waals surface area contributed by atoms with Crippen LogP contribution in [0.15, 0.2) is 48.5 Å². The van der Waals surface area contributed by atoms with Gasteiger partial charge in [0.15, 0.2) is 0 Å². The smallest absolute Gasteiger partial charge is 0.291 e. The number of hydrogen-bond acceptors (Lipinski definition) is 3. The van der Waals surface area contributed by atoms with Gasteiger partial charge >= 0.3 is 0 Å². The van der Waals surface area contributed by atoms with Gasteiger partial charge in [0.1, 0.15) is 0 Å². The third-order valence-electron chi connectivity index (χ3n) is 4.56. The van der Waals surface area contributed by atoms with E-state index in [1.807, 2.05) is 53.4 Å². The lowest BCUT2D eigenvalue weighted by atomic mass is 10.1. The first kappa shape index (κ1) is 16.0. The largest absolute Gasteiger partial charge is 0.336 e. The Kier molecular flexibility index (Phi) is 4.36. The van der Waals surface area contributed by atoms with Crippen molar-refractivity contribution in [1.29, 1.82) is 0 Å². The van der Waals surface area contributed by atoms with E-state index in [0.29, 0.717) is 5.02 Å². The van der Waals surface area contributed by atoms with E-state index in [0.717, 1.165) is 48.1 Å². The van der Waals surface area contributed by atoms with Crippen molar-refractivity contribution in [1.82, 2.24) is 14.9 Å². The number of halogens is 1. The van der Waals surface area contributed by atoms with Gasteiger partial charge in [0.2, 0.25) is 5.82 Å². The topological polar surface area (TPSA) is 46.1 Å². The van der Waals surface area contributed by atoms with Gasteiger partial charge in [0.25, 0.3) is 5.91 Å². The molecule has 0 N–H and O–H groups in total. The number of hydrogen-bond donors (Lipinski definition) is 0. The van der Waals surface area contributed by atoms with Crippen LogP contribution in [0, 0.1) is 0 Å². The highest BCUT2D eigenvalue weighted by molar-refractivity contribution is 6.30. The van der Waals surface area contributed by atoms with Crippen molar-refractivity contribution in [3.05, 3.63) is 59.4 Å². The van der Waals surface area contributed by atoms with Gasteiger partial charge < -0.3 is 4.90 Å². The summed E-state index contributed by atoms with van der Waals surface area (Å²) in [5.74, 6) is 0.186. The molecule has 4 nitrogen and oxygen atoms in total. The minimum atomic E-state index is -0.0827. The van der Waals surface area contributed by atoms with Crippen molar-refractivity contribution in [3.63, 3.8) is 0 Å². The summed E-state index contributed by atoms with van der Waals surface area (Å²) < 4.78 is 0. The highest BCUT2D eigenvalue weighted by Gasteiger charge is 2.22. The van der Waals surface area contributed by atoms with Crippen LogP contribution >= 0.6 is 11.6 Å². The molecule has 1 amide bonds. The molecule has 126 valence electrons. The van der Waals surface area contributed by atoms with Crippen molar-refractivity contribution in [2.75, 3.05) is 13.1 Å². The highest BCUT2D eigenvalue weighted by atomic mass is 35.5. The molecule has 0 bridgehead atoms. The number of carbonyl (C=O) groups is 1. The Morgan fingerprint density at radius 1 is 0.920 bits per heavy atom. The SMILES string of the molecule is O=C(c1nc(-c2ccc(Cl)cc2)c2ccccc2n1)N1CCCCC1. The van der Waals surface area contributed by atoms with Crippen molar-refractivity contribution in [2.45, 2.75) is 19.3 Å². The number of para-hydroxylation sites is 1. The zero-order valence-corrected chi connectivity index (χ0v) is 14.5. The van der Waals surface area contributed by atoms with E-state index < -0.39 is 0 Å². The maximum atomic E-state index is 12.9. The summed E-state index contributed by atoms with van der Waals surface area (Å²) in [5, 5.41) is 1.60.